The molecule has 1 rings (SSSR count). The maximum atomic E-state index is 15.4. The lowest BCUT2D eigenvalue weighted by molar-refractivity contribution is -0.396. The Bertz CT molecular complexity index is 1400. The highest BCUT2D eigenvalue weighted by Crippen LogP contribution is 2.58. The van der Waals surface area contributed by atoms with Gasteiger partial charge >= 0.3 is 5.97 Å². The van der Waals surface area contributed by atoms with Crippen molar-refractivity contribution in [1.82, 2.24) is 0 Å². The predicted octanol–water partition coefficient (Wildman–Crippen LogP) is 5.60. The quantitative estimate of drug-likeness (QED) is 0.0625. The topological polar surface area (TPSA) is 185 Å². The minimum atomic E-state index is -4.74. The van der Waals surface area contributed by atoms with E-state index in [1.807, 2.05) is 0 Å². The average Bonchev–Trinajstić information content (AvgIpc) is 3.24. The van der Waals surface area contributed by atoms with Gasteiger partial charge in [-0.3, -0.25) is 24.0 Å². The highest BCUT2D eigenvalue weighted by Gasteiger charge is 2.89. The second kappa shape index (κ2) is 22.5. The van der Waals surface area contributed by atoms with E-state index < -0.39 is 180 Å². The van der Waals surface area contributed by atoms with Crippen LogP contribution >= 0.6 is 174 Å². The molecule has 1 unspecified atom stereocenters. The number of carbonyl (C=O) groups excluding carboxylic acids is 5. The highest BCUT2D eigenvalue weighted by molar-refractivity contribution is 6.34. The second-order valence-corrected chi connectivity index (χ2v) is 17.8. The van der Waals surface area contributed by atoms with E-state index in [2.05, 4.69) is 0 Å². The summed E-state index contributed by atoms with van der Waals surface area (Å²) in [6.07, 6.45) is -2.97. The number of ether oxygens (including phenoxy) is 2. The first-order valence-corrected chi connectivity index (χ1v) is 23.9. The molecule has 26 heteroatoms. The number of carbonyl (C=O) groups is 5. The SMILES string of the molecule is O=C(OC[C@H]1OC(O)(C(=O)C(CCl)(CCl)CCl)[C@@](O)(C(=O)C(CCl)(CCl)CCl)[C@](O)(C(=O)C(CCl)(CCl)CCl)[C@@]1(O)C(=O)C(CCl)(CCl)CCl)C(CCl)(CCl)CCl. The number of alkyl halides is 15. The summed E-state index contributed by atoms with van der Waals surface area (Å²) in [5.74, 6) is -27.3. The van der Waals surface area contributed by atoms with E-state index in [9.17, 15) is 30.0 Å². The normalized spacial score (nSPS) is 26.3. The van der Waals surface area contributed by atoms with Crippen molar-refractivity contribution in [1.29, 1.82) is 0 Å². The van der Waals surface area contributed by atoms with Crippen LogP contribution in [0.25, 0.3) is 0 Å². The highest BCUT2D eigenvalue weighted by atomic mass is 35.5. The zero-order valence-electron chi connectivity index (χ0n) is 29.2. The molecule has 1 heterocycles. The van der Waals surface area contributed by atoms with Crippen molar-refractivity contribution < 1.29 is 53.9 Å². The van der Waals surface area contributed by atoms with E-state index in [-0.39, 0.29) is 0 Å². The molecule has 0 aromatic rings. The average molecular weight is 1120 g/mol. The molecule has 332 valence electrons. The third-order valence-corrected chi connectivity index (χ3v) is 17.9. The molecule has 1 aliphatic heterocycles. The van der Waals surface area contributed by atoms with Crippen molar-refractivity contribution >= 4 is 203 Å². The molecule has 0 aromatic carbocycles. The van der Waals surface area contributed by atoms with E-state index in [0.29, 0.717) is 0 Å². The van der Waals surface area contributed by atoms with Crippen LogP contribution in [0.5, 0.6) is 0 Å². The Morgan fingerprint density at radius 3 is 0.982 bits per heavy atom. The number of aliphatic hydroxyl groups is 4. The van der Waals surface area contributed by atoms with Gasteiger partial charge in [0.05, 0.1) is 21.7 Å². The molecule has 11 nitrogen and oxygen atoms in total. The molecule has 57 heavy (non-hydrogen) atoms. The Labute approximate surface area is 403 Å². The fourth-order valence-electron chi connectivity index (χ4n) is 5.73. The molecule has 0 amide bonds. The van der Waals surface area contributed by atoms with E-state index in [1.165, 1.54) is 0 Å². The van der Waals surface area contributed by atoms with Crippen LogP contribution < -0.4 is 0 Å². The number of esters is 1. The van der Waals surface area contributed by atoms with Gasteiger partial charge in [0.2, 0.25) is 17.0 Å². The number of halogens is 15. The molecule has 0 radical (unpaired) electrons. The minimum absolute atomic E-state index is 0.592. The van der Waals surface area contributed by atoms with Crippen LogP contribution in [0.15, 0.2) is 0 Å². The van der Waals surface area contributed by atoms with Crippen LogP contribution in [0.3, 0.4) is 0 Å². The number of hydrogen-bond donors (Lipinski definition) is 4. The lowest BCUT2D eigenvalue weighted by atomic mass is 9.50. The molecule has 1 aliphatic rings. The van der Waals surface area contributed by atoms with Crippen molar-refractivity contribution in [3.8, 4) is 0 Å². The standard InChI is InChI=1S/C31H37Cl15O11/c32-2-23(3-33,4-34)18(47)28(52)17(1-56-22(51)27(14-44,15-45)16-46)57-31(55,21(50)26(11-41,12-42)13-43)30(54,20(49)25(8-38,9-39)10-40)29(28,53)19(48)24(5-35,6-36)7-37/h17,52-55H,1-16H2/t17-,28+,29+,30-,31?/m1/s1. The summed E-state index contributed by atoms with van der Waals surface area (Å²) in [6, 6.07) is 0. The largest absolute Gasteiger partial charge is 0.462 e. The van der Waals surface area contributed by atoms with Crippen molar-refractivity contribution in [3.05, 3.63) is 0 Å². The number of ketones is 4. The lowest BCUT2D eigenvalue weighted by Crippen LogP contribution is -2.94. The molecular weight excluding hydrogens is 1080 g/mol. The number of rotatable bonds is 26. The first kappa shape index (κ1) is 57.3. The monoisotopic (exact) mass is 1110 g/mol. The van der Waals surface area contributed by atoms with Crippen LogP contribution in [-0.2, 0) is 33.4 Å². The van der Waals surface area contributed by atoms with Crippen molar-refractivity contribution in [2.24, 2.45) is 27.1 Å². The van der Waals surface area contributed by atoms with E-state index in [4.69, 9.17) is 183 Å². The third kappa shape index (κ3) is 8.87. The lowest BCUT2D eigenvalue weighted by Gasteiger charge is -2.64. The maximum Gasteiger partial charge on any atom is 0.315 e. The van der Waals surface area contributed by atoms with Crippen LogP contribution in [0, 0.1) is 27.1 Å². The Hall–Kier alpha value is 2.30. The van der Waals surface area contributed by atoms with Crippen LogP contribution in [0.4, 0.5) is 0 Å². The van der Waals surface area contributed by atoms with Crippen LogP contribution in [0.1, 0.15) is 0 Å². The Morgan fingerprint density at radius 2 is 0.684 bits per heavy atom. The first-order valence-electron chi connectivity index (χ1n) is 15.9. The van der Waals surface area contributed by atoms with E-state index >= 15 is 14.4 Å². The molecule has 0 aromatic heterocycles. The van der Waals surface area contributed by atoms with Gasteiger partial charge in [-0.05, 0) is 0 Å². The Balaban J connectivity index is 5.10. The van der Waals surface area contributed by atoms with Gasteiger partial charge in [-0.1, -0.05) is 0 Å². The molecule has 0 aliphatic carbocycles. The van der Waals surface area contributed by atoms with Gasteiger partial charge < -0.3 is 29.9 Å². The number of Topliss-reactive ketones (excluding diaryl/α,β-unsaturated/α-hetero) is 4. The molecule has 1 saturated heterocycles. The van der Waals surface area contributed by atoms with Crippen molar-refractivity contribution in [3.63, 3.8) is 0 Å². The van der Waals surface area contributed by atoms with Gasteiger partial charge in [-0.25, -0.2) is 0 Å². The second-order valence-electron chi connectivity index (χ2n) is 13.8. The van der Waals surface area contributed by atoms with Gasteiger partial charge in [-0.15, -0.1) is 174 Å². The van der Waals surface area contributed by atoms with Gasteiger partial charge in [-0.2, -0.15) is 0 Å². The summed E-state index contributed by atoms with van der Waals surface area (Å²) in [5, 5.41) is 52.7. The molecule has 0 saturated carbocycles. The van der Waals surface area contributed by atoms with Crippen molar-refractivity contribution in [2.75, 3.05) is 94.8 Å². The van der Waals surface area contributed by atoms with E-state index in [0.717, 1.165) is 0 Å². The first-order chi connectivity index (χ1) is 26.5. The molecule has 4 N–H and O–H groups in total. The molecule has 1 fully saturated rings. The van der Waals surface area contributed by atoms with Gasteiger partial charge in [0, 0.05) is 88.2 Å². The van der Waals surface area contributed by atoms with Gasteiger partial charge in [0.1, 0.15) is 18.1 Å². The number of hydrogen-bond acceptors (Lipinski definition) is 11. The fourth-order valence-corrected chi connectivity index (χ4v) is 11.8. The summed E-state index contributed by atoms with van der Waals surface area (Å²) in [5.41, 5.74) is -25.8. The van der Waals surface area contributed by atoms with Crippen molar-refractivity contribution in [2.45, 2.75) is 28.7 Å². The molecular formula is C31H37Cl15O11. The van der Waals surface area contributed by atoms with E-state index in [1.54, 1.807) is 0 Å². The maximum absolute atomic E-state index is 15.4. The zero-order chi connectivity index (χ0) is 44.7. The molecule has 5 atom stereocenters. The van der Waals surface area contributed by atoms with Gasteiger partial charge in [0.25, 0.3) is 5.79 Å². The summed E-state index contributed by atoms with van der Waals surface area (Å²) >= 11 is 92.3. The minimum Gasteiger partial charge on any atom is -0.462 e. The predicted molar refractivity (Wildman–Crippen MR) is 229 cm³/mol. The van der Waals surface area contributed by atoms with Crippen LogP contribution in [0.2, 0.25) is 0 Å². The van der Waals surface area contributed by atoms with Crippen LogP contribution in [-0.4, -0.2) is 173 Å². The Morgan fingerprint density at radius 1 is 0.421 bits per heavy atom. The Kier molecular flexibility index (Phi) is 22.6. The summed E-state index contributed by atoms with van der Waals surface area (Å²) in [4.78, 5) is 74.2. The molecule has 0 bridgehead atoms. The summed E-state index contributed by atoms with van der Waals surface area (Å²) < 4.78 is 11.1. The van der Waals surface area contributed by atoms with Gasteiger partial charge in [0.15, 0.2) is 23.0 Å². The zero-order valence-corrected chi connectivity index (χ0v) is 40.5. The molecule has 0 spiro atoms. The fraction of sp³-hybridized carbons (Fsp3) is 0.839. The summed E-state index contributed by atoms with van der Waals surface area (Å²) in [7, 11) is 0. The smallest absolute Gasteiger partial charge is 0.315 e. The summed E-state index contributed by atoms with van der Waals surface area (Å²) in [6.45, 7) is -1.58. The third-order valence-electron chi connectivity index (χ3n) is 10.2.